The van der Waals surface area contributed by atoms with Crippen molar-refractivity contribution in [2.45, 2.75) is 51.0 Å². The average molecular weight is 562 g/mol. The van der Waals surface area contributed by atoms with Crippen molar-refractivity contribution in [1.82, 2.24) is 9.21 Å². The van der Waals surface area contributed by atoms with Crippen LogP contribution in [0.2, 0.25) is 0 Å². The molecule has 2 aliphatic heterocycles. The summed E-state index contributed by atoms with van der Waals surface area (Å²) in [5.41, 5.74) is 2.18. The van der Waals surface area contributed by atoms with E-state index in [9.17, 15) is 13.2 Å². The van der Waals surface area contributed by atoms with Crippen LogP contribution in [0.4, 0.5) is 5.69 Å². The maximum Gasteiger partial charge on any atom is 0.238 e. The van der Waals surface area contributed by atoms with Crippen LogP contribution in [0.1, 0.15) is 44.2 Å². The molecular formula is C32H39N3O4S. The van der Waals surface area contributed by atoms with Crippen LogP contribution in [0.3, 0.4) is 0 Å². The van der Waals surface area contributed by atoms with Crippen LogP contribution in [0.25, 0.3) is 0 Å². The van der Waals surface area contributed by atoms with Crippen LogP contribution in [0.15, 0.2) is 84.9 Å². The van der Waals surface area contributed by atoms with Gasteiger partial charge in [0.2, 0.25) is 15.9 Å². The van der Waals surface area contributed by atoms with Crippen molar-refractivity contribution in [3.8, 4) is 5.75 Å². The van der Waals surface area contributed by atoms with Crippen LogP contribution < -0.4 is 10.1 Å². The minimum absolute atomic E-state index is 0.0276. The van der Waals surface area contributed by atoms with Gasteiger partial charge in [-0.25, -0.2) is 8.42 Å². The molecular weight excluding hydrogens is 522 g/mol. The number of piperidine rings is 1. The van der Waals surface area contributed by atoms with Gasteiger partial charge in [0.1, 0.15) is 12.4 Å². The zero-order chi connectivity index (χ0) is 28.2. The van der Waals surface area contributed by atoms with Gasteiger partial charge in [-0.05, 0) is 87.0 Å². The summed E-state index contributed by atoms with van der Waals surface area (Å²) >= 11 is 0. The number of ether oxygens (including phenoxy) is 1. The molecule has 1 spiro atoms. The first-order valence-corrected chi connectivity index (χ1v) is 15.6. The largest absolute Gasteiger partial charge is 0.489 e. The van der Waals surface area contributed by atoms with E-state index in [1.165, 1.54) is 0 Å². The number of nitrogens with zero attached hydrogens (tertiary/aromatic N) is 2. The Bertz CT molecular complexity index is 1390. The van der Waals surface area contributed by atoms with E-state index in [2.05, 4.69) is 10.2 Å². The zero-order valence-corrected chi connectivity index (χ0v) is 24.2. The van der Waals surface area contributed by atoms with Gasteiger partial charge < -0.3 is 10.1 Å². The second-order valence-electron chi connectivity index (χ2n) is 11.9. The Labute approximate surface area is 238 Å². The lowest BCUT2D eigenvalue weighted by molar-refractivity contribution is -0.117. The number of carbonyl (C=O) groups is 1. The molecule has 40 heavy (non-hydrogen) atoms. The third-order valence-electron chi connectivity index (χ3n) is 8.16. The van der Waals surface area contributed by atoms with Gasteiger partial charge >= 0.3 is 0 Å². The number of benzene rings is 3. The molecule has 1 N–H and O–H groups in total. The standard InChI is InChI=1S/C32H39N3O4S/c1-31(2)24-32(25-35(31)40(37,38)23-27-11-7-4-8-12-27)17-19-34(20-18-32)21-30(36)33-28-13-15-29(16-14-28)39-22-26-9-5-3-6-10-26/h3-16H,17-25H2,1-2H3,(H,33,36). The van der Waals surface area contributed by atoms with E-state index in [0.29, 0.717) is 19.7 Å². The molecule has 2 saturated heterocycles. The number of anilines is 1. The lowest BCUT2D eigenvalue weighted by atomic mass is 9.74. The molecule has 0 aliphatic carbocycles. The maximum absolute atomic E-state index is 13.4. The van der Waals surface area contributed by atoms with Crippen LogP contribution in [-0.2, 0) is 27.2 Å². The van der Waals surface area contributed by atoms with E-state index in [1.807, 2.05) is 98.8 Å². The molecule has 2 heterocycles. The summed E-state index contributed by atoms with van der Waals surface area (Å²) in [4.78, 5) is 15.0. The van der Waals surface area contributed by atoms with E-state index >= 15 is 0 Å². The number of hydrogen-bond acceptors (Lipinski definition) is 5. The smallest absolute Gasteiger partial charge is 0.238 e. The van der Waals surface area contributed by atoms with Crippen LogP contribution in [0.5, 0.6) is 5.75 Å². The van der Waals surface area contributed by atoms with Gasteiger partial charge in [0.05, 0.1) is 12.3 Å². The van der Waals surface area contributed by atoms with Crippen molar-refractivity contribution in [2.75, 3.05) is 31.5 Å². The lowest BCUT2D eigenvalue weighted by Crippen LogP contribution is -2.45. The summed E-state index contributed by atoms with van der Waals surface area (Å²) in [5.74, 6) is 0.731. The van der Waals surface area contributed by atoms with Gasteiger partial charge in [-0.2, -0.15) is 4.31 Å². The van der Waals surface area contributed by atoms with Gasteiger partial charge in [-0.15, -0.1) is 0 Å². The second kappa shape index (κ2) is 11.7. The molecule has 8 heteroatoms. The number of nitrogens with one attached hydrogen (secondary N) is 1. The fourth-order valence-electron chi connectivity index (χ4n) is 6.22. The maximum atomic E-state index is 13.4. The Kier molecular flexibility index (Phi) is 8.31. The fourth-order valence-corrected chi connectivity index (χ4v) is 8.28. The predicted molar refractivity (Wildman–Crippen MR) is 158 cm³/mol. The SMILES string of the molecule is CC1(C)CC2(CCN(CC(=O)Nc3ccc(OCc4ccccc4)cc3)CC2)CN1S(=O)(=O)Cc1ccccc1. The van der Waals surface area contributed by atoms with E-state index in [-0.39, 0.29) is 17.1 Å². The van der Waals surface area contributed by atoms with Crippen molar-refractivity contribution in [3.63, 3.8) is 0 Å². The molecule has 0 atom stereocenters. The Morgan fingerprint density at radius 2 is 1.48 bits per heavy atom. The molecule has 1 amide bonds. The molecule has 0 unspecified atom stereocenters. The molecule has 2 fully saturated rings. The highest BCUT2D eigenvalue weighted by Gasteiger charge is 2.53. The summed E-state index contributed by atoms with van der Waals surface area (Å²) in [6, 6.07) is 26.8. The summed E-state index contributed by atoms with van der Waals surface area (Å²) in [7, 11) is -3.44. The van der Waals surface area contributed by atoms with Crippen molar-refractivity contribution in [3.05, 3.63) is 96.1 Å². The summed E-state index contributed by atoms with van der Waals surface area (Å²) in [6.07, 6.45) is 2.61. The molecule has 3 aromatic rings. The third-order valence-corrected chi connectivity index (χ3v) is 10.2. The van der Waals surface area contributed by atoms with Crippen molar-refractivity contribution < 1.29 is 17.9 Å². The van der Waals surface area contributed by atoms with E-state index < -0.39 is 15.6 Å². The Balaban J connectivity index is 1.10. The van der Waals surface area contributed by atoms with Crippen molar-refractivity contribution >= 4 is 21.6 Å². The number of rotatable bonds is 9. The number of sulfonamides is 1. The molecule has 5 rings (SSSR count). The van der Waals surface area contributed by atoms with E-state index in [1.54, 1.807) is 4.31 Å². The van der Waals surface area contributed by atoms with E-state index in [4.69, 9.17) is 4.74 Å². The fraction of sp³-hybridized carbons (Fsp3) is 0.406. The van der Waals surface area contributed by atoms with Crippen LogP contribution in [-0.4, -0.2) is 55.2 Å². The molecule has 212 valence electrons. The highest BCUT2D eigenvalue weighted by atomic mass is 32.2. The quantitative estimate of drug-likeness (QED) is 0.384. The molecule has 0 bridgehead atoms. The number of carbonyl (C=O) groups excluding carboxylic acids is 1. The monoisotopic (exact) mass is 561 g/mol. The van der Waals surface area contributed by atoms with Crippen molar-refractivity contribution in [1.29, 1.82) is 0 Å². The second-order valence-corrected chi connectivity index (χ2v) is 13.8. The van der Waals surface area contributed by atoms with E-state index in [0.717, 1.165) is 54.9 Å². The van der Waals surface area contributed by atoms with Gasteiger partial charge in [0.25, 0.3) is 0 Å². The molecule has 0 aromatic heterocycles. The van der Waals surface area contributed by atoms with Gasteiger partial charge in [0, 0.05) is 17.8 Å². The number of likely N-dealkylation sites (tertiary alicyclic amines) is 1. The molecule has 0 saturated carbocycles. The molecule has 3 aromatic carbocycles. The first-order chi connectivity index (χ1) is 19.1. The first-order valence-electron chi connectivity index (χ1n) is 14.0. The van der Waals surface area contributed by atoms with Gasteiger partial charge in [0.15, 0.2) is 0 Å². The number of hydrogen-bond donors (Lipinski definition) is 1. The third kappa shape index (κ3) is 6.92. The van der Waals surface area contributed by atoms with Crippen molar-refractivity contribution in [2.24, 2.45) is 5.41 Å². The topological polar surface area (TPSA) is 79.0 Å². The minimum atomic E-state index is -3.44. The minimum Gasteiger partial charge on any atom is -0.489 e. The average Bonchev–Trinajstić information content (AvgIpc) is 3.21. The molecule has 2 aliphatic rings. The normalized spacial score (nSPS) is 18.9. The highest BCUT2D eigenvalue weighted by Crippen LogP contribution is 2.49. The zero-order valence-electron chi connectivity index (χ0n) is 23.4. The highest BCUT2D eigenvalue weighted by molar-refractivity contribution is 7.88. The summed E-state index contributed by atoms with van der Waals surface area (Å²) in [5, 5.41) is 2.99. The van der Waals surface area contributed by atoms with Crippen LogP contribution in [0, 0.1) is 5.41 Å². The Morgan fingerprint density at radius 1 is 0.875 bits per heavy atom. The first kappa shape index (κ1) is 28.3. The van der Waals surface area contributed by atoms with Gasteiger partial charge in [-0.1, -0.05) is 60.7 Å². The Morgan fingerprint density at radius 3 is 2.10 bits per heavy atom. The molecule has 0 radical (unpaired) electrons. The number of amides is 1. The summed E-state index contributed by atoms with van der Waals surface area (Å²) in [6.45, 7) is 7.02. The predicted octanol–water partition coefficient (Wildman–Crippen LogP) is 5.30. The molecule has 7 nitrogen and oxygen atoms in total. The van der Waals surface area contributed by atoms with Crippen LogP contribution >= 0.6 is 0 Å². The van der Waals surface area contributed by atoms with Gasteiger partial charge in [-0.3, -0.25) is 9.69 Å². The lowest BCUT2D eigenvalue weighted by Gasteiger charge is -2.39. The summed E-state index contributed by atoms with van der Waals surface area (Å²) < 4.78 is 34.4. The Hall–Kier alpha value is -3.20.